The largest absolute Gasteiger partial charge is 0.319 e. The van der Waals surface area contributed by atoms with Crippen molar-refractivity contribution in [1.29, 1.82) is 0 Å². The predicted molar refractivity (Wildman–Crippen MR) is 72.9 cm³/mol. The summed E-state index contributed by atoms with van der Waals surface area (Å²) in [6, 6.07) is 0. The van der Waals surface area contributed by atoms with Gasteiger partial charge in [-0.3, -0.25) is 0 Å². The normalized spacial score (nSPS) is 48.0. The maximum atomic E-state index is 3.50. The van der Waals surface area contributed by atoms with E-state index in [2.05, 4.69) is 26.2 Å². The Balaban J connectivity index is 1.84. The predicted octanol–water partition coefficient (Wildman–Crippen LogP) is 3.84. The minimum Gasteiger partial charge on any atom is -0.319 e. The minimum atomic E-state index is 0.688. The summed E-state index contributed by atoms with van der Waals surface area (Å²) in [5, 5.41) is 3.50. The molecule has 1 heteroatoms. The Morgan fingerprint density at radius 2 is 1.65 bits per heavy atom. The number of hydrogen-bond acceptors (Lipinski definition) is 1. The van der Waals surface area contributed by atoms with Gasteiger partial charge in [0.1, 0.15) is 0 Å². The van der Waals surface area contributed by atoms with Crippen LogP contribution in [0.1, 0.15) is 58.8 Å². The molecule has 0 radical (unpaired) electrons. The van der Waals surface area contributed by atoms with Gasteiger partial charge in [-0.1, -0.05) is 13.8 Å². The average Bonchev–Trinajstić information content (AvgIpc) is 2.11. The maximum absolute atomic E-state index is 3.50. The SMILES string of the molecule is CNCC12CC3CC(C1)CC(CC(C)C)(C3)C2. The van der Waals surface area contributed by atoms with Crippen LogP contribution in [0.3, 0.4) is 0 Å². The first kappa shape index (κ1) is 12.0. The van der Waals surface area contributed by atoms with E-state index in [1.165, 1.54) is 32.2 Å². The molecular formula is C16H29N. The van der Waals surface area contributed by atoms with Gasteiger partial charge in [-0.15, -0.1) is 0 Å². The van der Waals surface area contributed by atoms with Crippen LogP contribution in [0, 0.1) is 28.6 Å². The molecular weight excluding hydrogens is 206 g/mol. The Kier molecular flexibility index (Phi) is 2.81. The summed E-state index contributed by atoms with van der Waals surface area (Å²) in [5.74, 6) is 3.03. The van der Waals surface area contributed by atoms with Crippen LogP contribution in [0.4, 0.5) is 0 Å². The van der Waals surface area contributed by atoms with Crippen LogP contribution in [-0.4, -0.2) is 13.6 Å². The van der Waals surface area contributed by atoms with Gasteiger partial charge in [0.2, 0.25) is 0 Å². The smallest absolute Gasteiger partial charge is 0.000521 e. The summed E-state index contributed by atoms with van der Waals surface area (Å²) >= 11 is 0. The second kappa shape index (κ2) is 3.98. The molecule has 0 saturated heterocycles. The molecule has 0 aliphatic heterocycles. The third-order valence-corrected chi connectivity index (χ3v) is 5.70. The van der Waals surface area contributed by atoms with Crippen molar-refractivity contribution in [3.8, 4) is 0 Å². The standard InChI is InChI=1S/C16H29N/c1-12(2)5-15-6-13-4-14(7-15)9-16(8-13,10-15)11-17-3/h12-14,17H,4-11H2,1-3H3. The molecule has 0 aromatic rings. The zero-order valence-electron chi connectivity index (χ0n) is 11.9. The summed E-state index contributed by atoms with van der Waals surface area (Å²) < 4.78 is 0. The second-order valence-corrected chi connectivity index (χ2v) is 8.09. The summed E-state index contributed by atoms with van der Waals surface area (Å²) in [6.45, 7) is 6.12. The van der Waals surface area contributed by atoms with Crippen molar-refractivity contribution in [2.45, 2.75) is 58.8 Å². The first-order chi connectivity index (χ1) is 8.05. The lowest BCUT2D eigenvalue weighted by molar-refractivity contribution is -0.116. The molecule has 17 heavy (non-hydrogen) atoms. The van der Waals surface area contributed by atoms with E-state index in [1.54, 1.807) is 19.3 Å². The molecule has 0 aromatic heterocycles. The summed E-state index contributed by atoms with van der Waals surface area (Å²) in [5.41, 5.74) is 1.43. The van der Waals surface area contributed by atoms with Gasteiger partial charge >= 0.3 is 0 Å². The molecule has 2 unspecified atom stereocenters. The zero-order valence-corrected chi connectivity index (χ0v) is 11.9. The van der Waals surface area contributed by atoms with Crippen molar-refractivity contribution in [1.82, 2.24) is 5.32 Å². The fourth-order valence-electron chi connectivity index (χ4n) is 6.34. The average molecular weight is 235 g/mol. The van der Waals surface area contributed by atoms with Gasteiger partial charge in [-0.25, -0.2) is 0 Å². The monoisotopic (exact) mass is 235 g/mol. The first-order valence-electron chi connectivity index (χ1n) is 7.69. The third-order valence-electron chi connectivity index (χ3n) is 5.70. The van der Waals surface area contributed by atoms with Crippen LogP contribution >= 0.6 is 0 Å². The van der Waals surface area contributed by atoms with Crippen molar-refractivity contribution < 1.29 is 0 Å². The minimum absolute atomic E-state index is 0.688. The Bertz CT molecular complexity index is 274. The van der Waals surface area contributed by atoms with Crippen LogP contribution < -0.4 is 5.32 Å². The van der Waals surface area contributed by atoms with Crippen LogP contribution in [0.15, 0.2) is 0 Å². The Labute approximate surface area is 107 Å². The van der Waals surface area contributed by atoms with E-state index >= 15 is 0 Å². The highest BCUT2D eigenvalue weighted by molar-refractivity contribution is 5.08. The van der Waals surface area contributed by atoms with Crippen molar-refractivity contribution >= 4 is 0 Å². The molecule has 0 spiro atoms. The molecule has 98 valence electrons. The lowest BCUT2D eigenvalue weighted by Gasteiger charge is -2.63. The molecule has 4 rings (SSSR count). The molecule has 4 fully saturated rings. The van der Waals surface area contributed by atoms with Crippen LogP contribution in [0.25, 0.3) is 0 Å². The van der Waals surface area contributed by atoms with E-state index in [9.17, 15) is 0 Å². The van der Waals surface area contributed by atoms with Gasteiger partial charge in [0.15, 0.2) is 0 Å². The fourth-order valence-corrected chi connectivity index (χ4v) is 6.34. The van der Waals surface area contributed by atoms with Crippen LogP contribution in [0.2, 0.25) is 0 Å². The fraction of sp³-hybridized carbons (Fsp3) is 1.00. The maximum Gasteiger partial charge on any atom is 0.000521 e. The Hall–Kier alpha value is -0.0400. The molecule has 0 heterocycles. The highest BCUT2D eigenvalue weighted by Crippen LogP contribution is 2.66. The topological polar surface area (TPSA) is 12.0 Å². The van der Waals surface area contributed by atoms with E-state index in [4.69, 9.17) is 0 Å². The zero-order chi connectivity index (χ0) is 12.1. The highest BCUT2D eigenvalue weighted by atomic mass is 14.8. The molecule has 4 aliphatic carbocycles. The third kappa shape index (κ3) is 2.05. The lowest BCUT2D eigenvalue weighted by Crippen LogP contribution is -2.55. The van der Waals surface area contributed by atoms with E-state index in [1.807, 2.05) is 0 Å². The van der Waals surface area contributed by atoms with Gasteiger partial charge in [0, 0.05) is 6.54 Å². The molecule has 1 nitrogen and oxygen atoms in total. The van der Waals surface area contributed by atoms with E-state index < -0.39 is 0 Å². The quantitative estimate of drug-likeness (QED) is 0.780. The van der Waals surface area contributed by atoms with E-state index in [-0.39, 0.29) is 0 Å². The molecule has 2 atom stereocenters. The van der Waals surface area contributed by atoms with Crippen LogP contribution in [-0.2, 0) is 0 Å². The number of hydrogen-bond donors (Lipinski definition) is 1. The second-order valence-electron chi connectivity index (χ2n) is 8.09. The summed E-state index contributed by atoms with van der Waals surface area (Å²) in [4.78, 5) is 0. The van der Waals surface area contributed by atoms with Crippen LogP contribution in [0.5, 0.6) is 0 Å². The molecule has 4 bridgehead atoms. The van der Waals surface area contributed by atoms with Gasteiger partial charge in [-0.2, -0.15) is 0 Å². The van der Waals surface area contributed by atoms with E-state index in [0.29, 0.717) is 5.41 Å². The molecule has 1 N–H and O–H groups in total. The Morgan fingerprint density at radius 1 is 1.06 bits per heavy atom. The highest BCUT2D eigenvalue weighted by Gasteiger charge is 2.56. The summed E-state index contributed by atoms with van der Waals surface area (Å²) in [7, 11) is 2.15. The van der Waals surface area contributed by atoms with Crippen molar-refractivity contribution in [3.05, 3.63) is 0 Å². The molecule has 0 amide bonds. The van der Waals surface area contributed by atoms with Gasteiger partial charge < -0.3 is 5.32 Å². The van der Waals surface area contributed by atoms with Crippen molar-refractivity contribution in [3.63, 3.8) is 0 Å². The van der Waals surface area contributed by atoms with Gasteiger partial charge in [0.05, 0.1) is 0 Å². The number of rotatable bonds is 4. The molecule has 4 aliphatic rings. The first-order valence-corrected chi connectivity index (χ1v) is 7.69. The molecule has 4 saturated carbocycles. The molecule has 0 aromatic carbocycles. The van der Waals surface area contributed by atoms with Gasteiger partial charge in [-0.05, 0) is 80.6 Å². The summed E-state index contributed by atoms with van der Waals surface area (Å²) in [6.07, 6.45) is 10.8. The van der Waals surface area contributed by atoms with E-state index in [0.717, 1.165) is 23.2 Å². The Morgan fingerprint density at radius 3 is 2.18 bits per heavy atom. The number of nitrogens with one attached hydrogen (secondary N) is 1. The lowest BCUT2D eigenvalue weighted by atomic mass is 9.43. The van der Waals surface area contributed by atoms with Gasteiger partial charge in [0.25, 0.3) is 0 Å². The van der Waals surface area contributed by atoms with Crippen molar-refractivity contribution in [2.24, 2.45) is 28.6 Å². The van der Waals surface area contributed by atoms with Crippen molar-refractivity contribution in [2.75, 3.05) is 13.6 Å².